The highest BCUT2D eigenvalue weighted by Crippen LogP contribution is 2.33. The standard InChI is InChI=1S/C14H11Br2ClFN/c1-8(9-5-6-13(18)12(17)7-9)19-14-10(15)3-2-4-11(14)16/h2-8,19H,1H3. The molecular weight excluding hydrogens is 396 g/mol. The van der Waals surface area contributed by atoms with Gasteiger partial charge in [-0.15, -0.1) is 0 Å². The molecule has 0 fully saturated rings. The number of anilines is 1. The molecule has 0 radical (unpaired) electrons. The number of hydrogen-bond donors (Lipinski definition) is 1. The molecule has 0 bridgehead atoms. The first-order valence-corrected chi connectivity index (χ1v) is 7.61. The second kappa shape index (κ2) is 6.25. The number of hydrogen-bond acceptors (Lipinski definition) is 1. The van der Waals surface area contributed by atoms with Crippen molar-refractivity contribution >= 4 is 49.1 Å². The summed E-state index contributed by atoms with van der Waals surface area (Å²) in [5.41, 5.74) is 1.88. The van der Waals surface area contributed by atoms with Crippen molar-refractivity contribution in [1.82, 2.24) is 0 Å². The first kappa shape index (κ1) is 14.8. The predicted molar refractivity (Wildman–Crippen MR) is 85.3 cm³/mol. The molecule has 0 saturated carbocycles. The van der Waals surface area contributed by atoms with Crippen LogP contribution in [-0.4, -0.2) is 0 Å². The van der Waals surface area contributed by atoms with E-state index in [1.807, 2.05) is 25.1 Å². The Hall–Kier alpha value is -0.580. The second-order valence-electron chi connectivity index (χ2n) is 4.14. The highest BCUT2D eigenvalue weighted by Gasteiger charge is 2.11. The molecule has 0 aliphatic carbocycles. The smallest absolute Gasteiger partial charge is 0.141 e. The lowest BCUT2D eigenvalue weighted by atomic mass is 10.1. The molecule has 2 rings (SSSR count). The Morgan fingerprint density at radius 3 is 2.37 bits per heavy atom. The molecule has 2 aromatic rings. The number of para-hydroxylation sites is 1. The highest BCUT2D eigenvalue weighted by molar-refractivity contribution is 9.11. The van der Waals surface area contributed by atoms with Crippen LogP contribution >= 0.6 is 43.5 Å². The van der Waals surface area contributed by atoms with E-state index < -0.39 is 5.82 Å². The second-order valence-corrected chi connectivity index (χ2v) is 6.25. The third-order valence-electron chi connectivity index (χ3n) is 2.77. The summed E-state index contributed by atoms with van der Waals surface area (Å²) in [5, 5.41) is 3.50. The molecule has 1 nitrogen and oxygen atoms in total. The van der Waals surface area contributed by atoms with Crippen molar-refractivity contribution in [3.05, 3.63) is 61.7 Å². The summed E-state index contributed by atoms with van der Waals surface area (Å²) < 4.78 is 15.1. The maximum atomic E-state index is 13.1. The van der Waals surface area contributed by atoms with Gasteiger partial charge in [0.15, 0.2) is 0 Å². The van der Waals surface area contributed by atoms with Gasteiger partial charge in [-0.2, -0.15) is 0 Å². The summed E-state index contributed by atoms with van der Waals surface area (Å²) in [6.07, 6.45) is 0. The van der Waals surface area contributed by atoms with Crippen LogP contribution in [0.25, 0.3) is 0 Å². The van der Waals surface area contributed by atoms with Crippen LogP contribution in [0.15, 0.2) is 45.3 Å². The van der Waals surface area contributed by atoms with Gasteiger partial charge in [0.2, 0.25) is 0 Å². The van der Waals surface area contributed by atoms with Crippen LogP contribution in [0.4, 0.5) is 10.1 Å². The van der Waals surface area contributed by atoms with Gasteiger partial charge in [0.1, 0.15) is 5.82 Å². The molecule has 19 heavy (non-hydrogen) atoms. The lowest BCUT2D eigenvalue weighted by Crippen LogP contribution is -2.07. The molecule has 0 heterocycles. The maximum Gasteiger partial charge on any atom is 0.141 e. The molecule has 0 spiro atoms. The molecule has 1 unspecified atom stereocenters. The summed E-state index contributed by atoms with van der Waals surface area (Å²) in [5.74, 6) is -0.403. The van der Waals surface area contributed by atoms with Crippen molar-refractivity contribution in [3.8, 4) is 0 Å². The Bertz CT molecular complexity index is 584. The van der Waals surface area contributed by atoms with Crippen molar-refractivity contribution in [2.24, 2.45) is 0 Å². The van der Waals surface area contributed by atoms with Crippen molar-refractivity contribution in [3.63, 3.8) is 0 Å². The van der Waals surface area contributed by atoms with Gasteiger partial charge in [-0.1, -0.05) is 23.7 Å². The zero-order chi connectivity index (χ0) is 14.0. The summed E-state index contributed by atoms with van der Waals surface area (Å²) in [4.78, 5) is 0. The molecule has 2 aromatic carbocycles. The van der Waals surface area contributed by atoms with Gasteiger partial charge >= 0.3 is 0 Å². The van der Waals surface area contributed by atoms with E-state index in [1.165, 1.54) is 6.07 Å². The van der Waals surface area contributed by atoms with Gasteiger partial charge in [-0.05, 0) is 68.6 Å². The van der Waals surface area contributed by atoms with E-state index in [-0.39, 0.29) is 11.1 Å². The van der Waals surface area contributed by atoms with E-state index >= 15 is 0 Å². The number of rotatable bonds is 3. The van der Waals surface area contributed by atoms with Crippen LogP contribution in [0.5, 0.6) is 0 Å². The Balaban J connectivity index is 2.25. The number of nitrogens with one attached hydrogen (secondary N) is 1. The molecule has 0 aliphatic rings. The van der Waals surface area contributed by atoms with Crippen molar-refractivity contribution < 1.29 is 4.39 Å². The van der Waals surface area contributed by atoms with Gasteiger partial charge in [0.05, 0.1) is 10.7 Å². The normalized spacial score (nSPS) is 12.3. The number of benzene rings is 2. The largest absolute Gasteiger partial charge is 0.377 e. The van der Waals surface area contributed by atoms with Crippen LogP contribution < -0.4 is 5.32 Å². The fourth-order valence-electron chi connectivity index (χ4n) is 1.72. The molecule has 1 atom stereocenters. The molecule has 0 saturated heterocycles. The van der Waals surface area contributed by atoms with E-state index in [9.17, 15) is 4.39 Å². The monoisotopic (exact) mass is 405 g/mol. The summed E-state index contributed by atoms with van der Waals surface area (Å²) >= 11 is 12.8. The quantitative estimate of drug-likeness (QED) is 0.641. The van der Waals surface area contributed by atoms with Gasteiger partial charge in [-0.3, -0.25) is 0 Å². The van der Waals surface area contributed by atoms with Gasteiger partial charge in [0.25, 0.3) is 0 Å². The predicted octanol–water partition coefficient (Wildman–Crippen LogP) is 6.18. The molecule has 0 aliphatic heterocycles. The lowest BCUT2D eigenvalue weighted by Gasteiger charge is -2.18. The van der Waals surface area contributed by atoms with Crippen LogP contribution in [0.1, 0.15) is 18.5 Å². The van der Waals surface area contributed by atoms with E-state index in [0.29, 0.717) is 0 Å². The van der Waals surface area contributed by atoms with Crippen LogP contribution in [0.3, 0.4) is 0 Å². The number of halogens is 4. The van der Waals surface area contributed by atoms with E-state index in [4.69, 9.17) is 11.6 Å². The van der Waals surface area contributed by atoms with E-state index in [2.05, 4.69) is 37.2 Å². The van der Waals surface area contributed by atoms with Crippen LogP contribution in [0.2, 0.25) is 5.02 Å². The molecule has 5 heteroatoms. The minimum absolute atomic E-state index is 0.00750. The van der Waals surface area contributed by atoms with Crippen molar-refractivity contribution in [1.29, 1.82) is 0 Å². The van der Waals surface area contributed by atoms with E-state index in [1.54, 1.807) is 12.1 Å². The molecule has 0 aromatic heterocycles. The van der Waals surface area contributed by atoms with Crippen molar-refractivity contribution in [2.75, 3.05) is 5.32 Å². The van der Waals surface area contributed by atoms with Gasteiger partial charge in [-0.25, -0.2) is 4.39 Å². The third kappa shape index (κ3) is 3.50. The lowest BCUT2D eigenvalue weighted by molar-refractivity contribution is 0.627. The summed E-state index contributed by atoms with van der Waals surface area (Å²) in [7, 11) is 0. The average molecular weight is 408 g/mol. The fraction of sp³-hybridized carbons (Fsp3) is 0.143. The zero-order valence-electron chi connectivity index (χ0n) is 10.1. The highest BCUT2D eigenvalue weighted by atomic mass is 79.9. The molecular formula is C14H11Br2ClFN. The minimum Gasteiger partial charge on any atom is -0.377 e. The molecule has 1 N–H and O–H groups in total. The first-order chi connectivity index (χ1) is 8.99. The van der Waals surface area contributed by atoms with E-state index in [0.717, 1.165) is 20.2 Å². The zero-order valence-corrected chi connectivity index (χ0v) is 14.0. The van der Waals surface area contributed by atoms with Gasteiger partial charge < -0.3 is 5.32 Å². The Labute approximate surface area is 133 Å². The topological polar surface area (TPSA) is 12.0 Å². The van der Waals surface area contributed by atoms with Crippen LogP contribution in [-0.2, 0) is 0 Å². The Kier molecular flexibility index (Phi) is 4.87. The average Bonchev–Trinajstić information content (AvgIpc) is 2.37. The Morgan fingerprint density at radius 1 is 1.16 bits per heavy atom. The summed E-state index contributed by atoms with van der Waals surface area (Å²) in [6, 6.07) is 10.6. The van der Waals surface area contributed by atoms with Crippen LogP contribution in [0, 0.1) is 5.82 Å². The summed E-state index contributed by atoms with van der Waals surface area (Å²) in [6.45, 7) is 2.00. The van der Waals surface area contributed by atoms with Gasteiger partial charge in [0, 0.05) is 15.0 Å². The fourth-order valence-corrected chi connectivity index (χ4v) is 3.13. The molecule has 100 valence electrons. The maximum absolute atomic E-state index is 13.1. The minimum atomic E-state index is -0.403. The Morgan fingerprint density at radius 2 is 1.79 bits per heavy atom. The SMILES string of the molecule is CC(Nc1c(Br)cccc1Br)c1ccc(F)c(Cl)c1. The third-order valence-corrected chi connectivity index (χ3v) is 4.38. The van der Waals surface area contributed by atoms with Crippen molar-refractivity contribution in [2.45, 2.75) is 13.0 Å². The molecule has 0 amide bonds. The first-order valence-electron chi connectivity index (χ1n) is 5.64.